The van der Waals surface area contributed by atoms with Crippen molar-refractivity contribution in [2.45, 2.75) is 19.4 Å². The van der Waals surface area contributed by atoms with Gasteiger partial charge in [-0.25, -0.2) is 0 Å². The molecule has 2 nitrogen and oxygen atoms in total. The maximum absolute atomic E-state index is 6.11. The lowest BCUT2D eigenvalue weighted by Gasteiger charge is -2.17. The first kappa shape index (κ1) is 13.1. The standard InChI is InChI=1S/C15H17ClN2/c1-11-6-13(9-14(16)7-11)15(17-2)8-12-4-3-5-18-10-12/h3-7,9-10,15,17H,8H2,1-2H3. The molecule has 0 fully saturated rings. The van der Waals surface area contributed by atoms with E-state index in [2.05, 4.69) is 29.4 Å². The minimum atomic E-state index is 0.256. The first-order chi connectivity index (χ1) is 8.69. The summed E-state index contributed by atoms with van der Waals surface area (Å²) in [5, 5.41) is 4.12. The molecular formula is C15H17ClN2. The highest BCUT2D eigenvalue weighted by Gasteiger charge is 2.11. The Hall–Kier alpha value is -1.38. The summed E-state index contributed by atoms with van der Waals surface area (Å²) in [6.07, 6.45) is 4.60. The number of halogens is 1. The van der Waals surface area contributed by atoms with Crippen LogP contribution in [0.4, 0.5) is 0 Å². The Morgan fingerprint density at radius 2 is 2.17 bits per heavy atom. The van der Waals surface area contributed by atoms with Gasteiger partial charge in [0.25, 0.3) is 0 Å². The second-order valence-corrected chi connectivity index (χ2v) is 4.91. The lowest BCUT2D eigenvalue weighted by atomic mass is 9.98. The number of nitrogens with one attached hydrogen (secondary N) is 1. The predicted octanol–water partition coefficient (Wildman–Crippen LogP) is 3.55. The Bertz CT molecular complexity index is 491. The number of aromatic nitrogens is 1. The molecular weight excluding hydrogens is 244 g/mol. The average Bonchev–Trinajstić information content (AvgIpc) is 2.36. The Labute approximate surface area is 113 Å². The number of hydrogen-bond acceptors (Lipinski definition) is 2. The van der Waals surface area contributed by atoms with E-state index in [1.165, 1.54) is 16.7 Å². The molecule has 0 radical (unpaired) electrons. The molecule has 1 aromatic carbocycles. The van der Waals surface area contributed by atoms with E-state index >= 15 is 0 Å². The van der Waals surface area contributed by atoms with E-state index in [1.54, 1.807) is 6.20 Å². The van der Waals surface area contributed by atoms with Gasteiger partial charge in [-0.15, -0.1) is 0 Å². The van der Waals surface area contributed by atoms with Crippen LogP contribution in [0.25, 0.3) is 0 Å². The number of nitrogens with zero attached hydrogens (tertiary/aromatic N) is 1. The zero-order chi connectivity index (χ0) is 13.0. The monoisotopic (exact) mass is 260 g/mol. The van der Waals surface area contributed by atoms with Gasteiger partial charge in [0, 0.05) is 23.5 Å². The van der Waals surface area contributed by atoms with E-state index in [0.717, 1.165) is 11.4 Å². The highest BCUT2D eigenvalue weighted by Crippen LogP contribution is 2.22. The molecule has 2 rings (SSSR count). The van der Waals surface area contributed by atoms with E-state index in [9.17, 15) is 0 Å². The van der Waals surface area contributed by atoms with Gasteiger partial charge in [-0.1, -0.05) is 23.7 Å². The first-order valence-electron chi connectivity index (χ1n) is 6.02. The van der Waals surface area contributed by atoms with Crippen molar-refractivity contribution in [3.8, 4) is 0 Å². The van der Waals surface area contributed by atoms with Crippen molar-refractivity contribution in [3.05, 3.63) is 64.4 Å². The van der Waals surface area contributed by atoms with Gasteiger partial charge in [-0.05, 0) is 55.3 Å². The van der Waals surface area contributed by atoms with Gasteiger partial charge < -0.3 is 5.32 Å². The van der Waals surface area contributed by atoms with E-state index in [1.807, 2.05) is 31.4 Å². The average molecular weight is 261 g/mol. The molecule has 2 aromatic rings. The summed E-state index contributed by atoms with van der Waals surface area (Å²) in [6.45, 7) is 2.06. The molecule has 0 saturated heterocycles. The zero-order valence-electron chi connectivity index (χ0n) is 10.7. The maximum Gasteiger partial charge on any atom is 0.0411 e. The van der Waals surface area contributed by atoms with Crippen molar-refractivity contribution in [2.75, 3.05) is 7.05 Å². The quantitative estimate of drug-likeness (QED) is 0.910. The fraction of sp³-hybridized carbons (Fsp3) is 0.267. The molecule has 0 amide bonds. The summed E-state index contributed by atoms with van der Waals surface area (Å²) in [4.78, 5) is 4.15. The van der Waals surface area contributed by atoms with Crippen LogP contribution in [0.1, 0.15) is 22.7 Å². The van der Waals surface area contributed by atoms with Crippen LogP contribution in [0.3, 0.4) is 0 Å². The Morgan fingerprint density at radius 1 is 1.33 bits per heavy atom. The molecule has 18 heavy (non-hydrogen) atoms. The Kier molecular flexibility index (Phi) is 4.34. The molecule has 94 valence electrons. The first-order valence-corrected chi connectivity index (χ1v) is 6.40. The highest BCUT2D eigenvalue weighted by atomic mass is 35.5. The van der Waals surface area contributed by atoms with Gasteiger partial charge in [-0.2, -0.15) is 0 Å². The number of benzene rings is 1. The van der Waals surface area contributed by atoms with Crippen LogP contribution >= 0.6 is 11.6 Å². The maximum atomic E-state index is 6.11. The lowest BCUT2D eigenvalue weighted by Crippen LogP contribution is -2.19. The molecule has 3 heteroatoms. The van der Waals surface area contributed by atoms with Gasteiger partial charge >= 0.3 is 0 Å². The van der Waals surface area contributed by atoms with E-state index in [-0.39, 0.29) is 6.04 Å². The van der Waals surface area contributed by atoms with Crippen LogP contribution in [0, 0.1) is 6.92 Å². The second-order valence-electron chi connectivity index (χ2n) is 4.47. The van der Waals surface area contributed by atoms with Crippen molar-refractivity contribution in [1.82, 2.24) is 10.3 Å². The third kappa shape index (κ3) is 3.31. The normalized spacial score (nSPS) is 12.4. The third-order valence-electron chi connectivity index (χ3n) is 2.98. The molecule has 1 atom stereocenters. The summed E-state index contributed by atoms with van der Waals surface area (Å²) in [7, 11) is 1.97. The van der Waals surface area contributed by atoms with Crippen LogP contribution < -0.4 is 5.32 Å². The number of likely N-dealkylation sites (N-methyl/N-ethyl adjacent to an activating group) is 1. The van der Waals surface area contributed by atoms with E-state index < -0.39 is 0 Å². The molecule has 1 unspecified atom stereocenters. The van der Waals surface area contributed by atoms with E-state index in [0.29, 0.717) is 0 Å². The molecule has 1 N–H and O–H groups in total. The van der Waals surface area contributed by atoms with Gasteiger partial charge in [0.2, 0.25) is 0 Å². The van der Waals surface area contributed by atoms with Gasteiger partial charge in [-0.3, -0.25) is 4.98 Å². The van der Waals surface area contributed by atoms with Crippen LogP contribution in [0.5, 0.6) is 0 Å². The van der Waals surface area contributed by atoms with Crippen molar-refractivity contribution < 1.29 is 0 Å². The lowest BCUT2D eigenvalue weighted by molar-refractivity contribution is 0.591. The van der Waals surface area contributed by atoms with Crippen LogP contribution in [-0.2, 0) is 6.42 Å². The largest absolute Gasteiger partial charge is 0.313 e. The van der Waals surface area contributed by atoms with Gasteiger partial charge in [0.1, 0.15) is 0 Å². The molecule has 1 heterocycles. The fourth-order valence-corrected chi connectivity index (χ4v) is 2.41. The minimum Gasteiger partial charge on any atom is -0.313 e. The third-order valence-corrected chi connectivity index (χ3v) is 3.20. The summed E-state index contributed by atoms with van der Waals surface area (Å²) in [5.74, 6) is 0. The molecule has 0 aliphatic carbocycles. The predicted molar refractivity (Wildman–Crippen MR) is 75.9 cm³/mol. The van der Waals surface area contributed by atoms with Crippen molar-refractivity contribution in [3.63, 3.8) is 0 Å². The highest BCUT2D eigenvalue weighted by molar-refractivity contribution is 6.30. The number of hydrogen-bond donors (Lipinski definition) is 1. The summed E-state index contributed by atoms with van der Waals surface area (Å²) >= 11 is 6.11. The zero-order valence-corrected chi connectivity index (χ0v) is 11.4. The number of rotatable bonds is 4. The molecule has 0 aliphatic rings. The van der Waals surface area contributed by atoms with Crippen LogP contribution in [0.2, 0.25) is 5.02 Å². The van der Waals surface area contributed by atoms with Crippen molar-refractivity contribution in [2.24, 2.45) is 0 Å². The smallest absolute Gasteiger partial charge is 0.0411 e. The second kappa shape index (κ2) is 5.98. The Morgan fingerprint density at radius 3 is 2.78 bits per heavy atom. The summed E-state index contributed by atoms with van der Waals surface area (Å²) in [6, 6.07) is 10.5. The van der Waals surface area contributed by atoms with Crippen molar-refractivity contribution in [1.29, 1.82) is 0 Å². The topological polar surface area (TPSA) is 24.9 Å². The molecule has 0 spiro atoms. The number of pyridine rings is 1. The van der Waals surface area contributed by atoms with E-state index in [4.69, 9.17) is 11.6 Å². The fourth-order valence-electron chi connectivity index (χ4n) is 2.11. The Balaban J connectivity index is 2.23. The molecule has 0 saturated carbocycles. The summed E-state index contributed by atoms with van der Waals surface area (Å²) < 4.78 is 0. The molecule has 0 aliphatic heterocycles. The molecule has 0 bridgehead atoms. The summed E-state index contributed by atoms with van der Waals surface area (Å²) in [5.41, 5.74) is 3.62. The molecule has 1 aromatic heterocycles. The number of aryl methyl sites for hydroxylation is 1. The van der Waals surface area contributed by atoms with Gasteiger partial charge in [0.15, 0.2) is 0 Å². The SMILES string of the molecule is CNC(Cc1cccnc1)c1cc(C)cc(Cl)c1. The van der Waals surface area contributed by atoms with Crippen LogP contribution in [0.15, 0.2) is 42.7 Å². The van der Waals surface area contributed by atoms with Crippen LogP contribution in [-0.4, -0.2) is 12.0 Å². The minimum absolute atomic E-state index is 0.256. The van der Waals surface area contributed by atoms with Gasteiger partial charge in [0.05, 0.1) is 0 Å². The van der Waals surface area contributed by atoms with Crippen molar-refractivity contribution >= 4 is 11.6 Å².